The van der Waals surface area contributed by atoms with Crippen LogP contribution in [-0.2, 0) is 47.7 Å². The van der Waals surface area contributed by atoms with Crippen molar-refractivity contribution >= 4 is 35.6 Å². The summed E-state index contributed by atoms with van der Waals surface area (Å²) in [5.74, 6) is -6.60. The molecule has 2 aliphatic rings. The fraction of sp³-hybridized carbons (Fsp3) is 0.571. The summed E-state index contributed by atoms with van der Waals surface area (Å²) in [5.41, 5.74) is -2.63. The van der Waals surface area contributed by atoms with E-state index in [9.17, 15) is 28.8 Å². The van der Waals surface area contributed by atoms with Gasteiger partial charge in [-0.15, -0.1) is 0 Å². The smallest absolute Gasteiger partial charge is 0.340 e. The van der Waals surface area contributed by atoms with Crippen LogP contribution in [-0.4, -0.2) is 70.6 Å². The van der Waals surface area contributed by atoms with Gasteiger partial charge in [0.05, 0.1) is 11.5 Å². The lowest BCUT2D eigenvalue weighted by atomic mass is 9.72. The summed E-state index contributed by atoms with van der Waals surface area (Å²) >= 11 is 0. The molecule has 0 aromatic carbocycles. The Morgan fingerprint density at radius 1 is 0.979 bits per heavy atom. The first-order chi connectivity index (χ1) is 21.9. The van der Waals surface area contributed by atoms with E-state index in [1.165, 1.54) is 39.2 Å². The molecule has 0 amide bonds. The van der Waals surface area contributed by atoms with Crippen LogP contribution in [0.5, 0.6) is 0 Å². The summed E-state index contributed by atoms with van der Waals surface area (Å²) in [6, 6.07) is 3.10. The van der Waals surface area contributed by atoms with Gasteiger partial charge in [-0.1, -0.05) is 53.3 Å². The minimum atomic E-state index is -1.89. The minimum Gasteiger partial charge on any atom is -0.461 e. The molecule has 3 rings (SSSR count). The van der Waals surface area contributed by atoms with E-state index in [1.807, 2.05) is 0 Å². The van der Waals surface area contributed by atoms with Crippen LogP contribution in [0.1, 0.15) is 85.0 Å². The maximum absolute atomic E-state index is 14.5. The summed E-state index contributed by atoms with van der Waals surface area (Å²) in [6.07, 6.45) is 1.23. The van der Waals surface area contributed by atoms with Crippen LogP contribution in [0.2, 0.25) is 0 Å². The molecule has 8 atom stereocenters. The summed E-state index contributed by atoms with van der Waals surface area (Å²) in [6.45, 7) is 16.2. The molecule has 0 aliphatic heterocycles. The van der Waals surface area contributed by atoms with Crippen molar-refractivity contribution < 1.29 is 52.5 Å². The lowest BCUT2D eigenvalue weighted by molar-refractivity contribution is -0.186. The number of allylic oxidation sites excluding steroid dienone is 1. The van der Waals surface area contributed by atoms with E-state index in [2.05, 4.69) is 11.6 Å². The Morgan fingerprint density at radius 2 is 1.64 bits per heavy atom. The number of rotatable bonds is 7. The third-order valence-corrected chi connectivity index (χ3v) is 8.61. The van der Waals surface area contributed by atoms with Crippen LogP contribution in [0.4, 0.5) is 0 Å². The zero-order chi connectivity index (χ0) is 35.3. The molecule has 0 bridgehead atoms. The Labute approximate surface area is 275 Å². The molecular weight excluding hydrogens is 610 g/mol. The van der Waals surface area contributed by atoms with E-state index in [0.717, 1.165) is 0 Å². The second-order valence-corrected chi connectivity index (χ2v) is 12.9. The fourth-order valence-corrected chi connectivity index (χ4v) is 6.59. The van der Waals surface area contributed by atoms with Crippen LogP contribution in [0, 0.1) is 23.2 Å². The van der Waals surface area contributed by atoms with Gasteiger partial charge in [-0.25, -0.2) is 4.79 Å². The molecule has 47 heavy (non-hydrogen) atoms. The molecule has 256 valence electrons. The predicted octanol–water partition coefficient (Wildman–Crippen LogP) is 4.50. The first-order valence-corrected chi connectivity index (χ1v) is 15.7. The zero-order valence-electron chi connectivity index (χ0n) is 28.3. The number of aromatic nitrogens is 1. The van der Waals surface area contributed by atoms with Gasteiger partial charge in [-0.3, -0.25) is 29.0 Å². The number of fused-ring (bicyclic) bond motifs is 1. The van der Waals surface area contributed by atoms with E-state index in [-0.39, 0.29) is 30.4 Å². The van der Waals surface area contributed by atoms with Crippen molar-refractivity contribution in [3.8, 4) is 0 Å². The summed E-state index contributed by atoms with van der Waals surface area (Å²) < 4.78 is 29.4. The molecule has 0 spiro atoms. The van der Waals surface area contributed by atoms with E-state index in [4.69, 9.17) is 23.7 Å². The van der Waals surface area contributed by atoms with Crippen molar-refractivity contribution in [2.75, 3.05) is 0 Å². The van der Waals surface area contributed by atoms with Crippen molar-refractivity contribution in [1.29, 1.82) is 0 Å². The number of nitrogens with zero attached hydrogens (tertiary/aromatic N) is 1. The highest BCUT2D eigenvalue weighted by Gasteiger charge is 2.65. The van der Waals surface area contributed by atoms with Gasteiger partial charge in [0.1, 0.15) is 24.4 Å². The SMILES string of the molecule is C=C1C[C@H](OC(C)=O)[C@@H](OC(=O)c2cccnc2)C(C)(C)/C=C/[C@H](C)C(=O)[C@@]2(OC(C)=O)CC(C)[C@H](OC(=O)CC)[C@@H]2[C@H]1OC(C)=O. The van der Waals surface area contributed by atoms with Gasteiger partial charge in [0.25, 0.3) is 0 Å². The highest BCUT2D eigenvalue weighted by molar-refractivity contribution is 5.93. The van der Waals surface area contributed by atoms with Crippen LogP contribution < -0.4 is 0 Å². The highest BCUT2D eigenvalue weighted by Crippen LogP contribution is 2.51. The van der Waals surface area contributed by atoms with Gasteiger partial charge in [0, 0.05) is 63.8 Å². The molecule has 1 unspecified atom stereocenters. The molecule has 0 saturated heterocycles. The predicted molar refractivity (Wildman–Crippen MR) is 167 cm³/mol. The van der Waals surface area contributed by atoms with Gasteiger partial charge >= 0.3 is 29.8 Å². The molecule has 1 fully saturated rings. The van der Waals surface area contributed by atoms with Crippen molar-refractivity contribution in [2.24, 2.45) is 23.2 Å². The minimum absolute atomic E-state index is 0.0242. The quantitative estimate of drug-likeness (QED) is 0.230. The Morgan fingerprint density at radius 3 is 2.19 bits per heavy atom. The molecule has 1 aromatic rings. The van der Waals surface area contributed by atoms with E-state index in [1.54, 1.807) is 52.8 Å². The van der Waals surface area contributed by atoms with Crippen LogP contribution in [0.15, 0.2) is 48.8 Å². The average molecular weight is 656 g/mol. The largest absolute Gasteiger partial charge is 0.461 e. The normalized spacial score (nSPS) is 31.2. The first-order valence-electron chi connectivity index (χ1n) is 15.7. The van der Waals surface area contributed by atoms with Crippen molar-refractivity contribution in [1.82, 2.24) is 4.98 Å². The van der Waals surface area contributed by atoms with E-state index in [0.29, 0.717) is 0 Å². The molecule has 2 aliphatic carbocycles. The molecule has 12 nitrogen and oxygen atoms in total. The Bertz CT molecular complexity index is 1420. The number of Topliss-reactive ketones (excluding diaryl/α,β-unsaturated/α-hetero) is 1. The average Bonchev–Trinajstić information content (AvgIpc) is 3.25. The molecule has 0 N–H and O–H groups in total. The lowest BCUT2D eigenvalue weighted by Gasteiger charge is -2.42. The van der Waals surface area contributed by atoms with Gasteiger partial charge in [0.2, 0.25) is 0 Å². The van der Waals surface area contributed by atoms with Crippen LogP contribution in [0.3, 0.4) is 0 Å². The van der Waals surface area contributed by atoms with E-state index >= 15 is 0 Å². The number of hydrogen-bond donors (Lipinski definition) is 0. The number of esters is 5. The second-order valence-electron chi connectivity index (χ2n) is 12.9. The molecule has 0 radical (unpaired) electrons. The third-order valence-electron chi connectivity index (χ3n) is 8.61. The highest BCUT2D eigenvalue weighted by atomic mass is 16.6. The third kappa shape index (κ3) is 8.52. The van der Waals surface area contributed by atoms with Crippen LogP contribution in [0.25, 0.3) is 0 Å². The maximum Gasteiger partial charge on any atom is 0.340 e. The number of carbonyl (C=O) groups excluding carboxylic acids is 6. The number of ketones is 1. The van der Waals surface area contributed by atoms with Crippen LogP contribution >= 0.6 is 0 Å². The molecule has 1 heterocycles. The number of ether oxygens (including phenoxy) is 5. The standard InChI is InChI=1S/C35H45NO11/c1-10-27(40)45-30-21(4)17-35(47-24(7)39)28(30)29(44-23(6)38)20(3)16-26(43-22(5)37)32(34(8,9)14-13-19(2)31(35)41)46-33(42)25-12-11-15-36-18-25/h11-15,18-19,21,26,28-30,32H,3,10,16-17H2,1-2,4-9H3/b14-13+/t19-,21?,26-,28-,29-,30-,32+,35+/m0/s1. The number of pyridine rings is 1. The lowest BCUT2D eigenvalue weighted by Crippen LogP contribution is -2.56. The van der Waals surface area contributed by atoms with Gasteiger partial charge < -0.3 is 23.7 Å². The molecule has 1 saturated carbocycles. The monoisotopic (exact) mass is 655 g/mol. The van der Waals surface area contributed by atoms with Crippen molar-refractivity contribution in [3.05, 3.63) is 54.4 Å². The number of carbonyl (C=O) groups is 6. The first kappa shape index (κ1) is 37.1. The topological polar surface area (TPSA) is 161 Å². The maximum atomic E-state index is 14.5. The molecule has 12 heteroatoms. The molecule has 1 aromatic heterocycles. The Hall–Kier alpha value is -4.35. The van der Waals surface area contributed by atoms with Crippen molar-refractivity contribution in [2.45, 2.75) is 105 Å². The van der Waals surface area contributed by atoms with Gasteiger partial charge in [-0.2, -0.15) is 0 Å². The summed E-state index contributed by atoms with van der Waals surface area (Å²) in [5, 5.41) is 0. The van der Waals surface area contributed by atoms with Gasteiger partial charge in [0.15, 0.2) is 11.4 Å². The van der Waals surface area contributed by atoms with E-state index < -0.39 is 88.8 Å². The Kier molecular flexibility index (Phi) is 11.9. The summed E-state index contributed by atoms with van der Waals surface area (Å²) in [4.78, 5) is 82.4. The second kappa shape index (κ2) is 15.0. The Balaban J connectivity index is 2.31. The zero-order valence-corrected chi connectivity index (χ0v) is 28.3. The molecular formula is C35H45NO11. The number of hydrogen-bond acceptors (Lipinski definition) is 12. The van der Waals surface area contributed by atoms with Gasteiger partial charge in [-0.05, 0) is 23.6 Å². The fourth-order valence-electron chi connectivity index (χ4n) is 6.59. The van der Waals surface area contributed by atoms with Crippen molar-refractivity contribution in [3.63, 3.8) is 0 Å². The summed E-state index contributed by atoms with van der Waals surface area (Å²) in [7, 11) is 0.